The maximum absolute atomic E-state index is 12.4. The average Bonchev–Trinajstić information content (AvgIpc) is 3.03. The van der Waals surface area contributed by atoms with Crippen molar-refractivity contribution in [2.45, 2.75) is 45.2 Å². The Kier molecular flexibility index (Phi) is 5.68. The summed E-state index contributed by atoms with van der Waals surface area (Å²) >= 11 is 0. The maximum atomic E-state index is 12.4. The van der Waals surface area contributed by atoms with Crippen LogP contribution in [0.25, 0.3) is 0 Å². The van der Waals surface area contributed by atoms with Crippen LogP contribution in [-0.4, -0.2) is 37.5 Å². The first-order chi connectivity index (χ1) is 11.5. The number of carboxylic acids is 1. The largest absolute Gasteiger partial charge is 0.481 e. The molecule has 0 spiro atoms. The van der Waals surface area contributed by atoms with Gasteiger partial charge in [-0.1, -0.05) is 49.4 Å². The molecule has 2 aromatic rings. The van der Waals surface area contributed by atoms with Gasteiger partial charge in [0.1, 0.15) is 0 Å². The van der Waals surface area contributed by atoms with Crippen molar-refractivity contribution < 1.29 is 14.7 Å². The van der Waals surface area contributed by atoms with Gasteiger partial charge in [0.2, 0.25) is 0 Å². The molecule has 7 nitrogen and oxygen atoms in total. The Bertz CT molecular complexity index is 693. The summed E-state index contributed by atoms with van der Waals surface area (Å²) in [4.78, 5) is 23.5. The summed E-state index contributed by atoms with van der Waals surface area (Å²) in [5, 5.41) is 19.8. The number of aliphatic carboxylic acids is 1. The minimum atomic E-state index is -0.938. The molecule has 1 amide bonds. The van der Waals surface area contributed by atoms with Crippen molar-refractivity contribution >= 4 is 11.9 Å². The van der Waals surface area contributed by atoms with E-state index in [9.17, 15) is 9.59 Å². The average molecular weight is 330 g/mol. The molecule has 0 aliphatic carbocycles. The number of hydrogen-bond donors (Lipinski definition) is 2. The third-order valence-electron chi connectivity index (χ3n) is 4.18. The number of amides is 1. The van der Waals surface area contributed by atoms with E-state index in [2.05, 4.69) is 15.6 Å². The SMILES string of the molecule is CCC(CC)(CC(=O)O)NC(=O)c1cn(Cc2ccccc2)nn1. The fraction of sp³-hybridized carbons (Fsp3) is 0.412. The van der Waals surface area contributed by atoms with Gasteiger partial charge in [-0.05, 0) is 18.4 Å². The maximum Gasteiger partial charge on any atom is 0.305 e. The Morgan fingerprint density at radius 3 is 2.46 bits per heavy atom. The van der Waals surface area contributed by atoms with E-state index in [1.165, 1.54) is 0 Å². The van der Waals surface area contributed by atoms with Crippen LogP contribution in [0.3, 0.4) is 0 Å². The zero-order valence-corrected chi connectivity index (χ0v) is 13.9. The van der Waals surface area contributed by atoms with E-state index in [0.29, 0.717) is 19.4 Å². The zero-order valence-electron chi connectivity index (χ0n) is 13.9. The van der Waals surface area contributed by atoms with Crippen molar-refractivity contribution in [3.05, 3.63) is 47.8 Å². The molecule has 2 rings (SSSR count). The number of aromatic nitrogens is 3. The Morgan fingerprint density at radius 2 is 1.88 bits per heavy atom. The molecule has 1 aromatic carbocycles. The highest BCUT2D eigenvalue weighted by atomic mass is 16.4. The first-order valence-electron chi connectivity index (χ1n) is 7.96. The van der Waals surface area contributed by atoms with Crippen molar-refractivity contribution in [2.24, 2.45) is 0 Å². The van der Waals surface area contributed by atoms with Crippen LogP contribution in [0.1, 0.15) is 49.2 Å². The Balaban J connectivity index is 2.08. The van der Waals surface area contributed by atoms with Crippen molar-refractivity contribution in [1.82, 2.24) is 20.3 Å². The monoisotopic (exact) mass is 330 g/mol. The van der Waals surface area contributed by atoms with Crippen LogP contribution in [0.2, 0.25) is 0 Å². The van der Waals surface area contributed by atoms with E-state index in [-0.39, 0.29) is 12.1 Å². The lowest BCUT2D eigenvalue weighted by Gasteiger charge is -2.30. The third-order valence-corrected chi connectivity index (χ3v) is 4.18. The van der Waals surface area contributed by atoms with E-state index < -0.39 is 17.4 Å². The summed E-state index contributed by atoms with van der Waals surface area (Å²) in [6.07, 6.45) is 2.50. The fourth-order valence-corrected chi connectivity index (χ4v) is 2.57. The molecule has 24 heavy (non-hydrogen) atoms. The van der Waals surface area contributed by atoms with E-state index >= 15 is 0 Å². The highest BCUT2D eigenvalue weighted by Gasteiger charge is 2.32. The smallest absolute Gasteiger partial charge is 0.305 e. The van der Waals surface area contributed by atoms with Crippen molar-refractivity contribution in [3.8, 4) is 0 Å². The molecule has 0 fully saturated rings. The second-order valence-electron chi connectivity index (χ2n) is 5.80. The number of hydrogen-bond acceptors (Lipinski definition) is 4. The Hall–Kier alpha value is -2.70. The van der Waals surface area contributed by atoms with Gasteiger partial charge >= 0.3 is 5.97 Å². The molecule has 0 unspecified atom stereocenters. The number of carbonyl (C=O) groups excluding carboxylic acids is 1. The summed E-state index contributed by atoms with van der Waals surface area (Å²) in [5.74, 6) is -1.34. The van der Waals surface area contributed by atoms with Gasteiger partial charge in [-0.2, -0.15) is 0 Å². The van der Waals surface area contributed by atoms with Crippen LogP contribution in [0, 0.1) is 0 Å². The molecule has 7 heteroatoms. The molecule has 128 valence electrons. The fourth-order valence-electron chi connectivity index (χ4n) is 2.57. The molecule has 1 heterocycles. The van der Waals surface area contributed by atoms with E-state index in [0.717, 1.165) is 5.56 Å². The summed E-state index contributed by atoms with van der Waals surface area (Å²) in [7, 11) is 0. The molecule has 0 atom stereocenters. The zero-order chi connectivity index (χ0) is 17.6. The number of nitrogens with zero attached hydrogens (tertiary/aromatic N) is 3. The van der Waals surface area contributed by atoms with Gasteiger partial charge in [0, 0.05) is 0 Å². The summed E-state index contributed by atoms with van der Waals surface area (Å²) in [5.41, 5.74) is 0.464. The van der Waals surface area contributed by atoms with Gasteiger partial charge in [0.15, 0.2) is 5.69 Å². The first kappa shape index (κ1) is 17.7. The van der Waals surface area contributed by atoms with Crippen molar-refractivity contribution in [3.63, 3.8) is 0 Å². The minimum Gasteiger partial charge on any atom is -0.481 e. The lowest BCUT2D eigenvalue weighted by Crippen LogP contribution is -2.49. The molecule has 1 aromatic heterocycles. The third kappa shape index (κ3) is 4.41. The number of nitrogens with one attached hydrogen (secondary N) is 1. The quantitative estimate of drug-likeness (QED) is 0.772. The van der Waals surface area contributed by atoms with Crippen LogP contribution in [0.4, 0.5) is 0 Å². The van der Waals surface area contributed by atoms with Crippen LogP contribution in [0.5, 0.6) is 0 Å². The highest BCUT2D eigenvalue weighted by molar-refractivity contribution is 5.92. The number of carbonyl (C=O) groups is 2. The van der Waals surface area contributed by atoms with Crippen LogP contribution in [0.15, 0.2) is 36.5 Å². The normalized spacial score (nSPS) is 11.2. The minimum absolute atomic E-state index is 0.121. The van der Waals surface area contributed by atoms with Gasteiger partial charge < -0.3 is 10.4 Å². The van der Waals surface area contributed by atoms with Gasteiger partial charge in [-0.3, -0.25) is 9.59 Å². The van der Waals surface area contributed by atoms with Gasteiger partial charge in [0.25, 0.3) is 5.91 Å². The molecule has 0 aliphatic rings. The van der Waals surface area contributed by atoms with Gasteiger partial charge in [-0.15, -0.1) is 5.10 Å². The van der Waals surface area contributed by atoms with E-state index in [4.69, 9.17) is 5.11 Å². The van der Waals surface area contributed by atoms with Crippen LogP contribution in [-0.2, 0) is 11.3 Å². The van der Waals surface area contributed by atoms with E-state index in [1.807, 2.05) is 44.2 Å². The second kappa shape index (κ2) is 7.72. The second-order valence-corrected chi connectivity index (χ2v) is 5.80. The lowest BCUT2D eigenvalue weighted by molar-refractivity contribution is -0.138. The molecule has 2 N–H and O–H groups in total. The molecule has 0 radical (unpaired) electrons. The number of benzene rings is 1. The molecular formula is C17H22N4O3. The van der Waals surface area contributed by atoms with Crippen LogP contribution < -0.4 is 5.32 Å². The molecular weight excluding hydrogens is 308 g/mol. The highest BCUT2D eigenvalue weighted by Crippen LogP contribution is 2.20. The summed E-state index contributed by atoms with van der Waals surface area (Å²) in [6.45, 7) is 4.24. The Labute approximate surface area is 140 Å². The number of carboxylic acid groups (broad SMARTS) is 1. The lowest BCUT2D eigenvalue weighted by atomic mass is 9.89. The molecule has 0 saturated carbocycles. The van der Waals surface area contributed by atoms with Gasteiger partial charge in [0.05, 0.1) is 24.7 Å². The first-order valence-corrected chi connectivity index (χ1v) is 7.96. The number of rotatable bonds is 8. The molecule has 0 bridgehead atoms. The van der Waals surface area contributed by atoms with Gasteiger partial charge in [-0.25, -0.2) is 4.68 Å². The molecule has 0 saturated heterocycles. The predicted octanol–water partition coefficient (Wildman–Crippen LogP) is 2.09. The molecule has 0 aliphatic heterocycles. The van der Waals surface area contributed by atoms with E-state index in [1.54, 1.807) is 10.9 Å². The van der Waals surface area contributed by atoms with Crippen molar-refractivity contribution in [2.75, 3.05) is 0 Å². The predicted molar refractivity (Wildman–Crippen MR) is 88.6 cm³/mol. The summed E-state index contributed by atoms with van der Waals surface area (Å²) in [6, 6.07) is 9.73. The van der Waals surface area contributed by atoms with Crippen molar-refractivity contribution in [1.29, 1.82) is 0 Å². The topological polar surface area (TPSA) is 97.1 Å². The summed E-state index contributed by atoms with van der Waals surface area (Å²) < 4.78 is 1.58. The Morgan fingerprint density at radius 1 is 1.21 bits per heavy atom. The standard InChI is InChI=1S/C17H22N4O3/c1-3-17(4-2,10-15(22)23)18-16(24)14-12-21(20-19-14)11-13-8-6-5-7-9-13/h5-9,12H,3-4,10-11H2,1-2H3,(H,18,24)(H,22,23). The van der Waals surface area contributed by atoms with Crippen LogP contribution >= 0.6 is 0 Å².